The van der Waals surface area contributed by atoms with Crippen molar-refractivity contribution in [2.75, 3.05) is 26.5 Å². The highest BCUT2D eigenvalue weighted by Crippen LogP contribution is 2.34. The molecule has 0 aromatic heterocycles. The SMILES string of the molecule is O=C(c1ccc2c(c1)OCO2)[C@@H]1CCCN(Cc2ccc3c(c2)CCO3)C1. The summed E-state index contributed by atoms with van der Waals surface area (Å²) in [5.41, 5.74) is 3.33. The number of hydrogen-bond donors (Lipinski definition) is 0. The third kappa shape index (κ3) is 3.28. The van der Waals surface area contributed by atoms with Gasteiger partial charge in [-0.15, -0.1) is 0 Å². The Kier molecular flexibility index (Phi) is 4.24. The predicted molar refractivity (Wildman–Crippen MR) is 101 cm³/mol. The minimum absolute atomic E-state index is 0.0388. The highest BCUT2D eigenvalue weighted by molar-refractivity contribution is 5.98. The number of benzene rings is 2. The molecular weight excluding hydrogens is 342 g/mol. The van der Waals surface area contributed by atoms with E-state index in [4.69, 9.17) is 14.2 Å². The fourth-order valence-corrected chi connectivity index (χ4v) is 4.30. The fourth-order valence-electron chi connectivity index (χ4n) is 4.30. The molecule has 0 spiro atoms. The second kappa shape index (κ2) is 6.89. The van der Waals surface area contributed by atoms with Crippen molar-refractivity contribution in [3.63, 3.8) is 0 Å². The maximum atomic E-state index is 13.0. The summed E-state index contributed by atoms with van der Waals surface area (Å²) in [6.45, 7) is 3.75. The second-order valence-electron chi connectivity index (χ2n) is 7.55. The number of rotatable bonds is 4. The quantitative estimate of drug-likeness (QED) is 0.777. The molecule has 2 aromatic rings. The van der Waals surface area contributed by atoms with Crippen molar-refractivity contribution in [2.45, 2.75) is 25.8 Å². The topological polar surface area (TPSA) is 48.0 Å². The molecule has 5 heteroatoms. The molecule has 140 valence electrons. The first-order valence-electron chi connectivity index (χ1n) is 9.67. The van der Waals surface area contributed by atoms with Gasteiger partial charge in [-0.3, -0.25) is 9.69 Å². The molecule has 3 aliphatic rings. The van der Waals surface area contributed by atoms with E-state index in [0.29, 0.717) is 5.75 Å². The Morgan fingerprint density at radius 3 is 2.89 bits per heavy atom. The molecule has 0 unspecified atom stereocenters. The van der Waals surface area contributed by atoms with Gasteiger partial charge in [-0.25, -0.2) is 0 Å². The van der Waals surface area contributed by atoms with Crippen molar-refractivity contribution < 1.29 is 19.0 Å². The van der Waals surface area contributed by atoms with Gasteiger partial charge >= 0.3 is 0 Å². The Hall–Kier alpha value is -2.53. The van der Waals surface area contributed by atoms with Gasteiger partial charge in [0.25, 0.3) is 0 Å². The van der Waals surface area contributed by atoms with E-state index >= 15 is 0 Å². The monoisotopic (exact) mass is 365 g/mol. The zero-order valence-electron chi connectivity index (χ0n) is 15.3. The summed E-state index contributed by atoms with van der Waals surface area (Å²) in [6.07, 6.45) is 2.99. The first-order chi connectivity index (χ1) is 13.3. The molecule has 3 heterocycles. The van der Waals surface area contributed by atoms with Gasteiger partial charge in [-0.05, 0) is 54.8 Å². The Morgan fingerprint density at radius 1 is 1.04 bits per heavy atom. The summed E-state index contributed by atoms with van der Waals surface area (Å²) in [5, 5.41) is 0. The van der Waals surface area contributed by atoms with E-state index in [9.17, 15) is 4.79 Å². The van der Waals surface area contributed by atoms with Crippen LogP contribution in [0.2, 0.25) is 0 Å². The molecule has 27 heavy (non-hydrogen) atoms. The molecule has 0 amide bonds. The minimum Gasteiger partial charge on any atom is -0.493 e. The van der Waals surface area contributed by atoms with Gasteiger partial charge in [0.1, 0.15) is 5.75 Å². The average Bonchev–Trinajstić information content (AvgIpc) is 3.35. The molecule has 2 aromatic carbocycles. The highest BCUT2D eigenvalue weighted by Gasteiger charge is 2.28. The van der Waals surface area contributed by atoms with Crippen molar-refractivity contribution in [3.8, 4) is 17.2 Å². The number of Topliss-reactive ketones (excluding diaryl/α,β-unsaturated/α-hetero) is 1. The summed E-state index contributed by atoms with van der Waals surface area (Å²) in [5.74, 6) is 2.66. The second-order valence-corrected chi connectivity index (χ2v) is 7.55. The van der Waals surface area contributed by atoms with Gasteiger partial charge in [0.2, 0.25) is 6.79 Å². The van der Waals surface area contributed by atoms with E-state index in [1.165, 1.54) is 11.1 Å². The number of fused-ring (bicyclic) bond motifs is 2. The summed E-state index contributed by atoms with van der Waals surface area (Å²) in [6, 6.07) is 12.0. The molecule has 0 aliphatic carbocycles. The maximum Gasteiger partial charge on any atom is 0.231 e. The summed E-state index contributed by atoms with van der Waals surface area (Å²) in [7, 11) is 0. The van der Waals surface area contributed by atoms with Crippen LogP contribution in [-0.2, 0) is 13.0 Å². The van der Waals surface area contributed by atoms with Crippen LogP contribution in [0, 0.1) is 5.92 Å². The van der Waals surface area contributed by atoms with Gasteiger partial charge in [0, 0.05) is 31.0 Å². The van der Waals surface area contributed by atoms with Crippen molar-refractivity contribution in [2.24, 2.45) is 5.92 Å². The van der Waals surface area contributed by atoms with Gasteiger partial charge in [-0.2, -0.15) is 0 Å². The number of piperidine rings is 1. The van der Waals surface area contributed by atoms with Crippen LogP contribution < -0.4 is 14.2 Å². The predicted octanol–water partition coefficient (Wildman–Crippen LogP) is 3.45. The molecule has 1 atom stereocenters. The van der Waals surface area contributed by atoms with Crippen molar-refractivity contribution >= 4 is 5.78 Å². The number of ether oxygens (including phenoxy) is 3. The zero-order chi connectivity index (χ0) is 18.2. The van der Waals surface area contributed by atoms with Crippen LogP contribution in [0.15, 0.2) is 36.4 Å². The molecular formula is C22H23NO4. The molecule has 0 bridgehead atoms. The third-order valence-electron chi connectivity index (χ3n) is 5.69. The summed E-state index contributed by atoms with van der Waals surface area (Å²) >= 11 is 0. The van der Waals surface area contributed by atoms with Crippen LogP contribution in [0.5, 0.6) is 17.2 Å². The zero-order valence-corrected chi connectivity index (χ0v) is 15.3. The van der Waals surface area contributed by atoms with E-state index in [1.807, 2.05) is 18.2 Å². The number of likely N-dealkylation sites (tertiary alicyclic amines) is 1. The van der Waals surface area contributed by atoms with Crippen LogP contribution >= 0.6 is 0 Å². The molecule has 5 rings (SSSR count). The van der Waals surface area contributed by atoms with Crippen molar-refractivity contribution in [3.05, 3.63) is 53.1 Å². The van der Waals surface area contributed by atoms with Crippen LogP contribution in [0.25, 0.3) is 0 Å². The van der Waals surface area contributed by atoms with Crippen LogP contribution in [-0.4, -0.2) is 37.2 Å². The van der Waals surface area contributed by atoms with Gasteiger partial charge in [0.05, 0.1) is 6.61 Å². The van der Waals surface area contributed by atoms with Crippen LogP contribution in [0.4, 0.5) is 0 Å². The highest BCUT2D eigenvalue weighted by atomic mass is 16.7. The Morgan fingerprint density at radius 2 is 1.93 bits per heavy atom. The minimum atomic E-state index is 0.0388. The standard InChI is InChI=1S/C22H23NO4/c24-22(17-4-6-20-21(11-17)27-14-26-20)18-2-1-8-23(13-18)12-15-3-5-19-16(10-15)7-9-25-19/h3-6,10-11,18H,1-2,7-9,12-14H2/t18-/m1/s1. The number of carbonyl (C=O) groups excluding carboxylic acids is 1. The molecule has 0 N–H and O–H groups in total. The fraction of sp³-hybridized carbons (Fsp3) is 0.409. The molecule has 5 nitrogen and oxygen atoms in total. The van der Waals surface area contributed by atoms with E-state index in [-0.39, 0.29) is 18.5 Å². The lowest BCUT2D eigenvalue weighted by atomic mass is 9.89. The van der Waals surface area contributed by atoms with E-state index in [2.05, 4.69) is 23.1 Å². The lowest BCUT2D eigenvalue weighted by Crippen LogP contribution is -2.38. The van der Waals surface area contributed by atoms with Crippen LogP contribution in [0.1, 0.15) is 34.3 Å². The molecule has 1 saturated heterocycles. The van der Waals surface area contributed by atoms with Crippen molar-refractivity contribution in [1.29, 1.82) is 0 Å². The summed E-state index contributed by atoms with van der Waals surface area (Å²) in [4.78, 5) is 15.4. The van der Waals surface area contributed by atoms with E-state index < -0.39 is 0 Å². The van der Waals surface area contributed by atoms with E-state index in [1.54, 1.807) is 0 Å². The molecule has 0 radical (unpaired) electrons. The summed E-state index contributed by atoms with van der Waals surface area (Å²) < 4.78 is 16.4. The number of hydrogen-bond acceptors (Lipinski definition) is 5. The smallest absolute Gasteiger partial charge is 0.231 e. The Balaban J connectivity index is 1.27. The lowest BCUT2D eigenvalue weighted by Gasteiger charge is -2.32. The van der Waals surface area contributed by atoms with E-state index in [0.717, 1.165) is 62.6 Å². The molecule has 3 aliphatic heterocycles. The van der Waals surface area contributed by atoms with Gasteiger partial charge in [-0.1, -0.05) is 12.1 Å². The first kappa shape index (κ1) is 16.6. The third-order valence-corrected chi connectivity index (χ3v) is 5.69. The normalized spacial score (nSPS) is 21.0. The molecule has 0 saturated carbocycles. The number of nitrogens with zero attached hydrogens (tertiary/aromatic N) is 1. The van der Waals surface area contributed by atoms with Crippen molar-refractivity contribution in [1.82, 2.24) is 4.90 Å². The number of ketones is 1. The average molecular weight is 365 g/mol. The van der Waals surface area contributed by atoms with Gasteiger partial charge in [0.15, 0.2) is 17.3 Å². The Bertz CT molecular complexity index is 879. The molecule has 1 fully saturated rings. The Labute approximate surface area is 158 Å². The number of carbonyl (C=O) groups is 1. The first-order valence-corrected chi connectivity index (χ1v) is 9.67. The lowest BCUT2D eigenvalue weighted by molar-refractivity contribution is 0.0811. The van der Waals surface area contributed by atoms with Gasteiger partial charge < -0.3 is 14.2 Å². The maximum absolute atomic E-state index is 13.0. The largest absolute Gasteiger partial charge is 0.493 e. The van der Waals surface area contributed by atoms with Crippen LogP contribution in [0.3, 0.4) is 0 Å².